The topological polar surface area (TPSA) is 74.9 Å². The summed E-state index contributed by atoms with van der Waals surface area (Å²) >= 11 is 0. The zero-order valence-corrected chi connectivity index (χ0v) is 14.9. The maximum absolute atomic E-state index is 13.7. The number of benzene rings is 2. The maximum atomic E-state index is 13.7. The van der Waals surface area contributed by atoms with E-state index in [1.807, 2.05) is 0 Å². The van der Waals surface area contributed by atoms with Crippen molar-refractivity contribution in [3.63, 3.8) is 0 Å². The Bertz CT molecular complexity index is 1520. The number of aromatic amines is 1. The fourth-order valence-corrected chi connectivity index (χ4v) is 4.27. The number of ether oxygens (including phenoxy) is 2. The first kappa shape index (κ1) is 10.3. The van der Waals surface area contributed by atoms with Gasteiger partial charge in [0, 0.05) is 34.1 Å². The van der Waals surface area contributed by atoms with Gasteiger partial charge in [-0.2, -0.15) is 0 Å². The number of likely N-dealkylation sites (N-methyl/N-ethyl adjacent to an activating group) is 1. The second-order valence-corrected chi connectivity index (χ2v) is 7.04. The number of rotatable bonds is 1. The third-order valence-electron chi connectivity index (χ3n) is 5.52. The molecule has 1 aromatic heterocycles. The van der Waals surface area contributed by atoms with Gasteiger partial charge in [-0.15, -0.1) is 0 Å². The Morgan fingerprint density at radius 1 is 1.24 bits per heavy atom. The number of carbonyl (C=O) groups is 2. The fraction of sp³-hybridized carbons (Fsp3) is 0.273. The zero-order valence-electron chi connectivity index (χ0n) is 22.9. The van der Waals surface area contributed by atoms with Crippen LogP contribution in [0.4, 0.5) is 0 Å². The van der Waals surface area contributed by atoms with E-state index in [0.29, 0.717) is 22.2 Å². The molecule has 6 rings (SSSR count). The molecular formula is C22H19N3O4. The van der Waals surface area contributed by atoms with Gasteiger partial charge in [0.05, 0.1) is 19.4 Å². The summed E-state index contributed by atoms with van der Waals surface area (Å²) in [6.07, 6.45) is -0.109. The van der Waals surface area contributed by atoms with Gasteiger partial charge in [-0.25, -0.2) is 0 Å². The van der Waals surface area contributed by atoms with Crippen LogP contribution in [0.2, 0.25) is 0 Å². The van der Waals surface area contributed by atoms with Gasteiger partial charge in [0.1, 0.15) is 6.04 Å². The van der Waals surface area contributed by atoms with E-state index in [1.165, 1.54) is 0 Å². The molecule has 1 N–H and O–H groups in total. The molecule has 7 nitrogen and oxygen atoms in total. The molecule has 7 heteroatoms. The van der Waals surface area contributed by atoms with E-state index in [1.54, 1.807) is 24.3 Å². The van der Waals surface area contributed by atoms with Crippen molar-refractivity contribution in [2.45, 2.75) is 18.5 Å². The first-order chi connectivity index (χ1) is 17.4. The van der Waals surface area contributed by atoms with E-state index < -0.39 is 43.4 Å². The molecule has 0 spiro atoms. The Morgan fingerprint density at radius 3 is 3.00 bits per heavy atom. The summed E-state index contributed by atoms with van der Waals surface area (Å²) in [6.45, 7) is -6.73. The quantitative estimate of drug-likeness (QED) is 0.683. The number of piperazine rings is 1. The van der Waals surface area contributed by atoms with Crippen molar-refractivity contribution in [1.29, 1.82) is 0 Å². The predicted octanol–water partition coefficient (Wildman–Crippen LogP) is 2.21. The van der Waals surface area contributed by atoms with Crippen LogP contribution in [0.1, 0.15) is 33.8 Å². The third kappa shape index (κ3) is 2.24. The Morgan fingerprint density at radius 2 is 2.10 bits per heavy atom. The van der Waals surface area contributed by atoms with E-state index in [4.69, 9.17) is 20.4 Å². The number of nitrogens with one attached hydrogen (secondary N) is 1. The molecule has 2 aromatic carbocycles. The number of aromatic nitrogens is 1. The zero-order chi connectivity index (χ0) is 26.6. The molecule has 0 radical (unpaired) electrons. The van der Waals surface area contributed by atoms with E-state index >= 15 is 0 Å². The normalized spacial score (nSPS) is 29.0. The van der Waals surface area contributed by atoms with Crippen molar-refractivity contribution in [3.05, 3.63) is 59.2 Å². The first-order valence-corrected chi connectivity index (χ1v) is 9.01. The van der Waals surface area contributed by atoms with Crippen LogP contribution < -0.4 is 9.47 Å². The number of H-pyrrole nitrogens is 1. The SMILES string of the molecule is [2H]c1c([2H])c(C2c3[nH]c4ccccc4c3C[C@@H]3C(=O)N(C([2H])([2H])[2H])C([2H])([2H])C(=O)N23)c([2H])c2c1OCO2. The van der Waals surface area contributed by atoms with Crippen molar-refractivity contribution in [2.75, 3.05) is 20.3 Å². The van der Waals surface area contributed by atoms with Crippen molar-refractivity contribution in [1.82, 2.24) is 14.8 Å². The van der Waals surface area contributed by atoms with Crippen molar-refractivity contribution >= 4 is 22.7 Å². The largest absolute Gasteiger partial charge is 0.454 e. The smallest absolute Gasteiger partial charge is 0.245 e. The summed E-state index contributed by atoms with van der Waals surface area (Å²) in [5.41, 5.74) is 1.39. The van der Waals surface area contributed by atoms with E-state index in [0.717, 1.165) is 4.90 Å². The molecule has 29 heavy (non-hydrogen) atoms. The summed E-state index contributed by atoms with van der Waals surface area (Å²) in [5.74, 6) is -2.60. The monoisotopic (exact) mass is 397 g/mol. The van der Waals surface area contributed by atoms with Crippen LogP contribution in [0.5, 0.6) is 11.5 Å². The molecule has 2 atom stereocenters. The lowest BCUT2D eigenvalue weighted by atomic mass is 9.86. The average Bonchev–Trinajstić information content (AvgIpc) is 3.45. The first-order valence-electron chi connectivity index (χ1n) is 13.0. The summed E-state index contributed by atoms with van der Waals surface area (Å²) < 4.78 is 76.5. The number of hydrogen-bond acceptors (Lipinski definition) is 4. The highest BCUT2D eigenvalue weighted by molar-refractivity contribution is 5.97. The highest BCUT2D eigenvalue weighted by Crippen LogP contribution is 2.44. The summed E-state index contributed by atoms with van der Waals surface area (Å²) in [7, 11) is 0. The van der Waals surface area contributed by atoms with Crippen LogP contribution in [-0.2, 0) is 16.0 Å². The Balaban J connectivity index is 1.67. The highest BCUT2D eigenvalue weighted by Gasteiger charge is 2.47. The lowest BCUT2D eigenvalue weighted by Gasteiger charge is -2.46. The van der Waals surface area contributed by atoms with Gasteiger partial charge in [-0.1, -0.05) is 24.2 Å². The molecule has 3 aromatic rings. The van der Waals surface area contributed by atoms with Crippen LogP contribution in [0.15, 0.2) is 42.4 Å². The van der Waals surface area contributed by atoms with Crippen LogP contribution in [0.25, 0.3) is 10.9 Å². The molecule has 1 fully saturated rings. The van der Waals surface area contributed by atoms with Gasteiger partial charge in [-0.05, 0) is 29.3 Å². The second kappa shape index (κ2) is 5.76. The summed E-state index contributed by atoms with van der Waals surface area (Å²) in [4.78, 5) is 31.4. The number of nitrogens with zero attached hydrogens (tertiary/aromatic N) is 2. The lowest BCUT2D eigenvalue weighted by molar-refractivity contribution is -0.157. The third-order valence-corrected chi connectivity index (χ3v) is 5.52. The van der Waals surface area contributed by atoms with Crippen molar-refractivity contribution < 1.29 is 30.0 Å². The molecule has 4 heterocycles. The molecule has 0 aliphatic carbocycles. The Labute approximate surface area is 178 Å². The van der Waals surface area contributed by atoms with Crippen LogP contribution in [-0.4, -0.2) is 52.9 Å². The molecule has 1 saturated heterocycles. The number of hydrogen-bond donors (Lipinski definition) is 1. The summed E-state index contributed by atoms with van der Waals surface area (Å²) in [5, 5.41) is 0.696. The van der Waals surface area contributed by atoms with Gasteiger partial charge < -0.3 is 24.3 Å². The Hall–Kier alpha value is -3.48. The maximum Gasteiger partial charge on any atom is 0.245 e. The molecular weight excluding hydrogens is 370 g/mol. The minimum atomic E-state index is -3.23. The number of fused-ring (bicyclic) bond motifs is 5. The summed E-state index contributed by atoms with van der Waals surface area (Å²) in [6, 6.07) is 3.11. The molecule has 0 saturated carbocycles. The molecule has 3 aliphatic rings. The van der Waals surface area contributed by atoms with Crippen LogP contribution in [0.3, 0.4) is 0 Å². The van der Waals surface area contributed by atoms with Gasteiger partial charge in [0.15, 0.2) is 11.5 Å². The predicted molar refractivity (Wildman–Crippen MR) is 105 cm³/mol. The molecule has 1 unspecified atom stereocenters. The van der Waals surface area contributed by atoms with E-state index in [9.17, 15) is 9.59 Å². The van der Waals surface area contributed by atoms with Crippen LogP contribution >= 0.6 is 0 Å². The lowest BCUT2D eigenvalue weighted by Crippen LogP contribution is -2.62. The molecule has 3 aliphatic heterocycles. The second-order valence-electron chi connectivity index (χ2n) is 7.04. The Kier molecular flexibility index (Phi) is 2.05. The number of para-hydroxylation sites is 1. The fourth-order valence-electron chi connectivity index (χ4n) is 4.27. The van der Waals surface area contributed by atoms with Gasteiger partial charge in [0.2, 0.25) is 18.6 Å². The highest BCUT2D eigenvalue weighted by atomic mass is 16.7. The minimum Gasteiger partial charge on any atom is -0.454 e. The minimum absolute atomic E-state index is 0.000820. The van der Waals surface area contributed by atoms with Crippen LogP contribution in [0, 0.1) is 0 Å². The van der Waals surface area contributed by atoms with Crippen molar-refractivity contribution in [3.8, 4) is 11.5 Å². The van der Waals surface area contributed by atoms with Gasteiger partial charge in [-0.3, -0.25) is 9.59 Å². The standard InChI is InChI=1S/C22H19N3O4/c1-24-10-19(26)25-16(22(24)27)9-14-13-4-2-3-5-15(13)23-20(14)21(25)12-6-7-17-18(8-12)29-11-28-17/h2-8,16,21,23H,9-11H2,1H3/t16-,21?/m1/s1/i1D3,6D,7D,8D,10D2. The molecule has 146 valence electrons. The molecule has 2 amide bonds. The van der Waals surface area contributed by atoms with Gasteiger partial charge in [0.25, 0.3) is 0 Å². The van der Waals surface area contributed by atoms with Gasteiger partial charge >= 0.3 is 0 Å². The number of amides is 2. The average molecular weight is 397 g/mol. The van der Waals surface area contributed by atoms with E-state index in [2.05, 4.69) is 4.98 Å². The van der Waals surface area contributed by atoms with Crippen molar-refractivity contribution in [2.24, 2.45) is 0 Å². The molecule has 0 bridgehead atoms. The number of carbonyl (C=O) groups excluding carboxylic acids is 2. The van der Waals surface area contributed by atoms with E-state index in [-0.39, 0.29) is 47.3 Å².